The van der Waals surface area contributed by atoms with Crippen LogP contribution in [-0.4, -0.2) is 25.7 Å². The van der Waals surface area contributed by atoms with Gasteiger partial charge in [0.15, 0.2) is 0 Å². The molecule has 1 saturated carbocycles. The molecule has 1 aromatic carbocycles. The van der Waals surface area contributed by atoms with Crippen LogP contribution in [0.2, 0.25) is 5.02 Å². The van der Waals surface area contributed by atoms with Gasteiger partial charge in [-0.25, -0.2) is 0 Å². The molecule has 0 radical (unpaired) electrons. The summed E-state index contributed by atoms with van der Waals surface area (Å²) in [6.07, 6.45) is 2.79. The first-order valence-corrected chi connectivity index (χ1v) is 7.63. The fourth-order valence-electron chi connectivity index (χ4n) is 2.55. The highest BCUT2D eigenvalue weighted by Crippen LogP contribution is 2.35. The second-order valence-corrected chi connectivity index (χ2v) is 6.59. The third-order valence-corrected chi connectivity index (χ3v) is 4.62. The van der Waals surface area contributed by atoms with Crippen LogP contribution in [0.1, 0.15) is 12.8 Å². The van der Waals surface area contributed by atoms with E-state index < -0.39 is 0 Å². The maximum Gasteiger partial charge on any atom is 0.0650 e. The van der Waals surface area contributed by atoms with Crippen LogP contribution in [0, 0.1) is 9.49 Å². The minimum absolute atomic E-state index is 0.666. The third-order valence-electron chi connectivity index (χ3n) is 3.65. The highest BCUT2D eigenvalue weighted by Gasteiger charge is 2.34. The number of nitrogens with one attached hydrogen (secondary N) is 1. The van der Waals surface area contributed by atoms with E-state index in [1.807, 2.05) is 6.07 Å². The molecule has 1 aliphatic heterocycles. The van der Waals surface area contributed by atoms with Gasteiger partial charge in [-0.3, -0.25) is 0 Å². The summed E-state index contributed by atoms with van der Waals surface area (Å²) in [5, 5.41) is 4.51. The van der Waals surface area contributed by atoms with Gasteiger partial charge >= 0.3 is 0 Å². The number of rotatable bonds is 2. The third kappa shape index (κ3) is 2.71. The first-order chi connectivity index (χ1) is 8.24. The molecule has 1 atom stereocenters. The van der Waals surface area contributed by atoms with Crippen LogP contribution in [0.25, 0.3) is 0 Å². The summed E-state index contributed by atoms with van der Waals surface area (Å²) >= 11 is 8.64. The molecule has 0 amide bonds. The summed E-state index contributed by atoms with van der Waals surface area (Å²) in [7, 11) is 0. The molecule has 1 unspecified atom stereocenters. The molecule has 0 bridgehead atoms. The van der Waals surface area contributed by atoms with Gasteiger partial charge in [0.25, 0.3) is 0 Å². The van der Waals surface area contributed by atoms with Crippen LogP contribution in [-0.2, 0) is 0 Å². The van der Waals surface area contributed by atoms with Gasteiger partial charge in [-0.05, 0) is 59.5 Å². The zero-order chi connectivity index (χ0) is 11.8. The van der Waals surface area contributed by atoms with Gasteiger partial charge in [0, 0.05) is 29.2 Å². The Bertz CT molecular complexity index is 420. The molecule has 2 fully saturated rings. The van der Waals surface area contributed by atoms with Gasteiger partial charge in [0.2, 0.25) is 0 Å². The average Bonchev–Trinajstić information content (AvgIpc) is 3.13. The lowest BCUT2D eigenvalue weighted by molar-refractivity contribution is 0.419. The predicted octanol–water partition coefficient (Wildman–Crippen LogP) is 3.13. The van der Waals surface area contributed by atoms with Gasteiger partial charge < -0.3 is 10.2 Å². The first-order valence-electron chi connectivity index (χ1n) is 6.17. The second-order valence-electron chi connectivity index (χ2n) is 4.94. The molecular weight excluding hydrogens is 347 g/mol. The van der Waals surface area contributed by atoms with Crippen molar-refractivity contribution in [3.05, 3.63) is 26.8 Å². The average molecular weight is 363 g/mol. The summed E-state index contributed by atoms with van der Waals surface area (Å²) in [5.74, 6) is 0.903. The van der Waals surface area contributed by atoms with Crippen molar-refractivity contribution < 1.29 is 0 Å². The van der Waals surface area contributed by atoms with Gasteiger partial charge in [-0.15, -0.1) is 0 Å². The lowest BCUT2D eigenvalue weighted by Gasteiger charge is -2.36. The van der Waals surface area contributed by atoms with Gasteiger partial charge in [0.1, 0.15) is 0 Å². The van der Waals surface area contributed by atoms with E-state index in [1.165, 1.54) is 22.1 Å². The lowest BCUT2D eigenvalue weighted by Crippen LogP contribution is -2.51. The van der Waals surface area contributed by atoms with Crippen molar-refractivity contribution in [2.24, 2.45) is 5.92 Å². The van der Waals surface area contributed by atoms with Crippen molar-refractivity contribution in [2.75, 3.05) is 24.5 Å². The molecule has 1 aliphatic carbocycles. The number of anilines is 1. The van der Waals surface area contributed by atoms with Crippen LogP contribution >= 0.6 is 34.2 Å². The summed E-state index contributed by atoms with van der Waals surface area (Å²) in [6, 6.07) is 7.00. The molecule has 1 N–H and O–H groups in total. The van der Waals surface area contributed by atoms with Gasteiger partial charge in [-0.1, -0.05) is 11.6 Å². The quantitative estimate of drug-likeness (QED) is 0.813. The van der Waals surface area contributed by atoms with Crippen LogP contribution in [0.5, 0.6) is 0 Å². The SMILES string of the molecule is Clc1cc(I)ccc1N1CCNC(C2CC2)C1. The van der Waals surface area contributed by atoms with Crippen molar-refractivity contribution in [1.29, 1.82) is 0 Å². The van der Waals surface area contributed by atoms with Gasteiger partial charge in [0.05, 0.1) is 10.7 Å². The molecule has 92 valence electrons. The Morgan fingerprint density at radius 3 is 2.88 bits per heavy atom. The second kappa shape index (κ2) is 4.94. The number of benzene rings is 1. The monoisotopic (exact) mass is 362 g/mol. The summed E-state index contributed by atoms with van der Waals surface area (Å²) in [6.45, 7) is 3.23. The highest BCUT2D eigenvalue weighted by atomic mass is 127. The molecule has 0 spiro atoms. The summed E-state index contributed by atoms with van der Waals surface area (Å²) in [5.41, 5.74) is 1.19. The van der Waals surface area contributed by atoms with E-state index in [0.29, 0.717) is 6.04 Å². The lowest BCUT2D eigenvalue weighted by atomic mass is 10.1. The Kier molecular flexibility index (Phi) is 3.50. The molecule has 2 nitrogen and oxygen atoms in total. The minimum Gasteiger partial charge on any atom is -0.367 e. The molecule has 4 heteroatoms. The van der Waals surface area contributed by atoms with E-state index >= 15 is 0 Å². The van der Waals surface area contributed by atoms with E-state index in [2.05, 4.69) is 44.9 Å². The molecule has 17 heavy (non-hydrogen) atoms. The molecule has 3 rings (SSSR count). The largest absolute Gasteiger partial charge is 0.367 e. The molecule has 2 aliphatic rings. The molecule has 1 aromatic rings. The van der Waals surface area contributed by atoms with Crippen LogP contribution < -0.4 is 10.2 Å². The van der Waals surface area contributed by atoms with Crippen LogP contribution in [0.15, 0.2) is 18.2 Å². The fraction of sp³-hybridized carbons (Fsp3) is 0.538. The van der Waals surface area contributed by atoms with E-state index in [-0.39, 0.29) is 0 Å². The maximum absolute atomic E-state index is 6.34. The molecule has 1 saturated heterocycles. The Morgan fingerprint density at radius 1 is 1.35 bits per heavy atom. The van der Waals surface area contributed by atoms with Crippen molar-refractivity contribution in [3.8, 4) is 0 Å². The number of nitrogens with zero attached hydrogens (tertiary/aromatic N) is 1. The highest BCUT2D eigenvalue weighted by molar-refractivity contribution is 14.1. The van der Waals surface area contributed by atoms with Crippen molar-refractivity contribution in [1.82, 2.24) is 5.32 Å². The standard InChI is InChI=1S/C13H16ClIN2/c14-11-7-10(15)3-4-13(11)17-6-5-16-12(8-17)9-1-2-9/h3-4,7,9,12,16H,1-2,5-6,8H2. The Morgan fingerprint density at radius 2 is 2.18 bits per heavy atom. The normalized spacial score (nSPS) is 25.1. The summed E-state index contributed by atoms with van der Waals surface area (Å²) < 4.78 is 1.20. The van der Waals surface area contributed by atoms with E-state index in [1.54, 1.807) is 0 Å². The summed E-state index contributed by atoms with van der Waals surface area (Å²) in [4.78, 5) is 2.43. The van der Waals surface area contributed by atoms with E-state index in [4.69, 9.17) is 11.6 Å². The smallest absolute Gasteiger partial charge is 0.0650 e. The molecular formula is C13H16ClIN2. The van der Waals surface area contributed by atoms with Crippen LogP contribution in [0.3, 0.4) is 0 Å². The Hall–Kier alpha value is -0.000000000000000132. The number of piperazine rings is 1. The fourth-order valence-corrected chi connectivity index (χ4v) is 3.52. The van der Waals surface area contributed by atoms with Crippen molar-refractivity contribution in [3.63, 3.8) is 0 Å². The Balaban J connectivity index is 1.77. The number of hydrogen-bond donors (Lipinski definition) is 1. The zero-order valence-electron chi connectivity index (χ0n) is 9.63. The Labute approximate surface area is 121 Å². The maximum atomic E-state index is 6.34. The van der Waals surface area contributed by atoms with Crippen molar-refractivity contribution in [2.45, 2.75) is 18.9 Å². The van der Waals surface area contributed by atoms with E-state index in [0.717, 1.165) is 30.6 Å². The number of hydrogen-bond acceptors (Lipinski definition) is 2. The predicted molar refractivity (Wildman–Crippen MR) is 80.9 cm³/mol. The van der Waals surface area contributed by atoms with Gasteiger partial charge in [-0.2, -0.15) is 0 Å². The zero-order valence-corrected chi connectivity index (χ0v) is 12.5. The number of halogens is 2. The van der Waals surface area contributed by atoms with Crippen molar-refractivity contribution >= 4 is 39.9 Å². The minimum atomic E-state index is 0.666. The van der Waals surface area contributed by atoms with E-state index in [9.17, 15) is 0 Å². The first kappa shape index (κ1) is 12.1. The van der Waals surface area contributed by atoms with Crippen LogP contribution in [0.4, 0.5) is 5.69 Å². The topological polar surface area (TPSA) is 15.3 Å². The molecule has 0 aromatic heterocycles. The molecule has 1 heterocycles.